The summed E-state index contributed by atoms with van der Waals surface area (Å²) in [6.07, 6.45) is 1.98. The summed E-state index contributed by atoms with van der Waals surface area (Å²) in [6.45, 7) is 2.51. The van der Waals surface area contributed by atoms with Crippen molar-refractivity contribution in [2.75, 3.05) is 7.11 Å². The van der Waals surface area contributed by atoms with Crippen LogP contribution < -0.4 is 0 Å². The van der Waals surface area contributed by atoms with Gasteiger partial charge in [0, 0.05) is 7.11 Å². The maximum Gasteiger partial charge on any atom is 0.141 e. The van der Waals surface area contributed by atoms with E-state index in [1.165, 1.54) is 12.1 Å². The van der Waals surface area contributed by atoms with Gasteiger partial charge in [-0.2, -0.15) is 5.26 Å². The molecule has 21 heavy (non-hydrogen) atoms. The minimum atomic E-state index is -0.488. The summed E-state index contributed by atoms with van der Waals surface area (Å²) in [5, 5.41) is 8.74. The fraction of sp³-hybridized carbons (Fsp3) is 0.167. The first-order chi connectivity index (χ1) is 10.1. The van der Waals surface area contributed by atoms with Crippen LogP contribution in [0.4, 0.5) is 4.39 Å². The molecule has 3 heteroatoms. The van der Waals surface area contributed by atoms with Gasteiger partial charge < -0.3 is 4.74 Å². The van der Waals surface area contributed by atoms with Crippen LogP contribution in [0.1, 0.15) is 29.2 Å². The Morgan fingerprint density at radius 3 is 2.52 bits per heavy atom. The normalized spacial score (nSPS) is 11.2. The highest BCUT2D eigenvalue weighted by Gasteiger charge is 2.04. The number of methoxy groups -OCH3 is 1. The van der Waals surface area contributed by atoms with Crippen molar-refractivity contribution in [1.29, 1.82) is 5.26 Å². The Morgan fingerprint density at radius 1 is 1.24 bits per heavy atom. The second-order valence-electron chi connectivity index (χ2n) is 4.81. The summed E-state index contributed by atoms with van der Waals surface area (Å²) in [6, 6.07) is 14.5. The van der Waals surface area contributed by atoms with Gasteiger partial charge in [0.2, 0.25) is 0 Å². The average Bonchev–Trinajstić information content (AvgIpc) is 2.49. The molecule has 0 fully saturated rings. The van der Waals surface area contributed by atoms with Gasteiger partial charge in [-0.3, -0.25) is 0 Å². The molecule has 0 heterocycles. The number of allylic oxidation sites excluding steroid dienone is 1. The van der Waals surface area contributed by atoms with Crippen LogP contribution in [0.2, 0.25) is 0 Å². The topological polar surface area (TPSA) is 33.0 Å². The number of rotatable bonds is 4. The zero-order valence-corrected chi connectivity index (χ0v) is 12.1. The Kier molecular flexibility index (Phi) is 4.86. The quantitative estimate of drug-likeness (QED) is 0.778. The van der Waals surface area contributed by atoms with Crippen LogP contribution in [0.25, 0.3) is 11.6 Å². The van der Waals surface area contributed by atoms with Crippen molar-refractivity contribution in [3.05, 3.63) is 70.5 Å². The number of ether oxygens (including phenoxy) is 1. The van der Waals surface area contributed by atoms with Crippen LogP contribution in [0.3, 0.4) is 0 Å². The first-order valence-corrected chi connectivity index (χ1v) is 6.60. The second kappa shape index (κ2) is 6.83. The summed E-state index contributed by atoms with van der Waals surface area (Å²) in [5.74, 6) is -0.488. The van der Waals surface area contributed by atoms with Gasteiger partial charge in [0.15, 0.2) is 0 Å². The standard InChI is InChI=1S/C18H16FNO/c1-13(16-7-8-17(11-20)18(19)10-16)9-14-3-5-15(6-4-14)12-21-2/h3-10H,12H2,1-2H3/b13-9+. The molecule has 0 aliphatic carbocycles. The van der Waals surface area contributed by atoms with E-state index in [0.29, 0.717) is 6.61 Å². The lowest BCUT2D eigenvalue weighted by atomic mass is 10.0. The molecule has 0 aliphatic heterocycles. The second-order valence-corrected chi connectivity index (χ2v) is 4.81. The third kappa shape index (κ3) is 3.77. The molecular formula is C18H16FNO. The van der Waals surface area contributed by atoms with E-state index in [4.69, 9.17) is 10.00 Å². The van der Waals surface area contributed by atoms with Crippen molar-refractivity contribution in [1.82, 2.24) is 0 Å². The number of nitrogens with zero attached hydrogens (tertiary/aromatic N) is 1. The Hall–Kier alpha value is -2.44. The Bertz CT molecular complexity index is 696. The molecule has 0 saturated carbocycles. The summed E-state index contributed by atoms with van der Waals surface area (Å²) in [5.41, 5.74) is 3.93. The molecule has 0 aromatic heterocycles. The van der Waals surface area contributed by atoms with E-state index in [-0.39, 0.29) is 5.56 Å². The number of benzene rings is 2. The molecule has 0 atom stereocenters. The molecule has 2 aromatic rings. The largest absolute Gasteiger partial charge is 0.380 e. The van der Waals surface area contributed by atoms with Crippen molar-refractivity contribution in [3.8, 4) is 6.07 Å². The van der Waals surface area contributed by atoms with Gasteiger partial charge in [-0.25, -0.2) is 4.39 Å². The molecular weight excluding hydrogens is 265 g/mol. The monoisotopic (exact) mass is 281 g/mol. The highest BCUT2D eigenvalue weighted by Crippen LogP contribution is 2.20. The third-order valence-electron chi connectivity index (χ3n) is 3.22. The van der Waals surface area contributed by atoms with E-state index in [1.54, 1.807) is 13.2 Å². The first kappa shape index (κ1) is 15.0. The Morgan fingerprint density at radius 2 is 1.95 bits per heavy atom. The molecule has 2 nitrogen and oxygen atoms in total. The smallest absolute Gasteiger partial charge is 0.141 e. The van der Waals surface area contributed by atoms with E-state index in [9.17, 15) is 4.39 Å². The summed E-state index contributed by atoms with van der Waals surface area (Å²) in [7, 11) is 1.66. The number of nitriles is 1. The van der Waals surface area contributed by atoms with Gasteiger partial charge in [0.1, 0.15) is 11.9 Å². The zero-order valence-electron chi connectivity index (χ0n) is 12.1. The molecule has 0 saturated heterocycles. The van der Waals surface area contributed by atoms with E-state index < -0.39 is 5.82 Å². The SMILES string of the molecule is COCc1ccc(/C=C(\C)c2ccc(C#N)c(F)c2)cc1. The number of hydrogen-bond donors (Lipinski definition) is 0. The van der Waals surface area contributed by atoms with Gasteiger partial charge in [-0.1, -0.05) is 36.4 Å². The lowest BCUT2D eigenvalue weighted by molar-refractivity contribution is 0.185. The predicted molar refractivity (Wildman–Crippen MR) is 81.8 cm³/mol. The molecule has 0 N–H and O–H groups in total. The van der Waals surface area contributed by atoms with Gasteiger partial charge in [-0.15, -0.1) is 0 Å². The lowest BCUT2D eigenvalue weighted by Gasteiger charge is -2.04. The molecule has 0 amide bonds. The number of halogens is 1. The highest BCUT2D eigenvalue weighted by molar-refractivity contribution is 5.80. The average molecular weight is 281 g/mol. The fourth-order valence-corrected chi connectivity index (χ4v) is 2.06. The van der Waals surface area contributed by atoms with Crippen LogP contribution in [0.5, 0.6) is 0 Å². The summed E-state index contributed by atoms with van der Waals surface area (Å²) < 4.78 is 18.7. The van der Waals surface area contributed by atoms with E-state index in [1.807, 2.05) is 43.3 Å². The third-order valence-corrected chi connectivity index (χ3v) is 3.22. The molecule has 0 unspecified atom stereocenters. The van der Waals surface area contributed by atoms with E-state index >= 15 is 0 Å². The summed E-state index contributed by atoms with van der Waals surface area (Å²) >= 11 is 0. The number of hydrogen-bond acceptors (Lipinski definition) is 2. The highest BCUT2D eigenvalue weighted by atomic mass is 19.1. The van der Waals surface area contributed by atoms with Crippen LogP contribution in [0.15, 0.2) is 42.5 Å². The minimum absolute atomic E-state index is 0.0652. The first-order valence-electron chi connectivity index (χ1n) is 6.60. The van der Waals surface area contributed by atoms with Crippen LogP contribution in [-0.4, -0.2) is 7.11 Å². The maximum atomic E-state index is 13.6. The van der Waals surface area contributed by atoms with Crippen molar-refractivity contribution in [2.45, 2.75) is 13.5 Å². The van der Waals surface area contributed by atoms with Crippen LogP contribution >= 0.6 is 0 Å². The van der Waals surface area contributed by atoms with Gasteiger partial charge in [0.25, 0.3) is 0 Å². The maximum absolute atomic E-state index is 13.6. The summed E-state index contributed by atoms with van der Waals surface area (Å²) in [4.78, 5) is 0. The Labute approximate surface area is 124 Å². The molecule has 0 spiro atoms. The Balaban J connectivity index is 2.24. The van der Waals surface area contributed by atoms with Crippen molar-refractivity contribution >= 4 is 11.6 Å². The van der Waals surface area contributed by atoms with Crippen molar-refractivity contribution < 1.29 is 9.13 Å². The van der Waals surface area contributed by atoms with E-state index in [2.05, 4.69) is 0 Å². The molecule has 0 aliphatic rings. The molecule has 2 rings (SSSR count). The van der Waals surface area contributed by atoms with Crippen LogP contribution in [0, 0.1) is 17.1 Å². The fourth-order valence-electron chi connectivity index (χ4n) is 2.06. The molecule has 106 valence electrons. The molecule has 0 bridgehead atoms. The van der Waals surface area contributed by atoms with Gasteiger partial charge in [-0.05, 0) is 41.3 Å². The van der Waals surface area contributed by atoms with Crippen LogP contribution in [-0.2, 0) is 11.3 Å². The molecule has 2 aromatic carbocycles. The zero-order chi connectivity index (χ0) is 15.2. The van der Waals surface area contributed by atoms with Crippen molar-refractivity contribution in [3.63, 3.8) is 0 Å². The van der Waals surface area contributed by atoms with Gasteiger partial charge in [0.05, 0.1) is 12.2 Å². The minimum Gasteiger partial charge on any atom is -0.380 e. The lowest BCUT2D eigenvalue weighted by Crippen LogP contribution is -1.88. The molecule has 0 radical (unpaired) electrons. The van der Waals surface area contributed by atoms with Crippen molar-refractivity contribution in [2.24, 2.45) is 0 Å². The van der Waals surface area contributed by atoms with Gasteiger partial charge >= 0.3 is 0 Å². The predicted octanol–water partition coefficient (Wildman–Crippen LogP) is 4.40. The van der Waals surface area contributed by atoms with E-state index in [0.717, 1.165) is 22.3 Å².